The maximum absolute atomic E-state index is 12.8. The molecule has 0 saturated carbocycles. The Morgan fingerprint density at radius 1 is 0.344 bits per heavy atom. The number of allylic oxidation sites excluding steroid dienone is 16. The maximum atomic E-state index is 12.8. The number of hydrogen-bond donors (Lipinski definition) is 0. The van der Waals surface area contributed by atoms with Gasteiger partial charge in [0.15, 0.2) is 6.10 Å². The summed E-state index contributed by atoms with van der Waals surface area (Å²) in [6.07, 6.45) is 63.9. The molecular formula is C55H90O6. The van der Waals surface area contributed by atoms with E-state index in [9.17, 15) is 14.4 Å². The summed E-state index contributed by atoms with van der Waals surface area (Å²) in [5.74, 6) is -0.974. The van der Waals surface area contributed by atoms with Gasteiger partial charge in [-0.05, 0) is 96.3 Å². The number of carbonyl (C=O) groups excluding carboxylic acids is 3. The number of carbonyl (C=O) groups is 3. The van der Waals surface area contributed by atoms with Gasteiger partial charge in [0.2, 0.25) is 0 Å². The van der Waals surface area contributed by atoms with E-state index in [0.717, 1.165) is 116 Å². The Kier molecular flexibility index (Phi) is 46.0. The van der Waals surface area contributed by atoms with E-state index < -0.39 is 6.10 Å². The molecule has 6 nitrogen and oxygen atoms in total. The lowest BCUT2D eigenvalue weighted by Crippen LogP contribution is -2.30. The molecule has 0 N–H and O–H groups in total. The summed E-state index contributed by atoms with van der Waals surface area (Å²) in [6, 6.07) is 0. The topological polar surface area (TPSA) is 78.9 Å². The minimum absolute atomic E-state index is 0.102. The van der Waals surface area contributed by atoms with Gasteiger partial charge in [0.05, 0.1) is 0 Å². The summed E-state index contributed by atoms with van der Waals surface area (Å²) in [5, 5.41) is 0. The molecule has 0 spiro atoms. The predicted molar refractivity (Wildman–Crippen MR) is 260 cm³/mol. The third-order valence-corrected chi connectivity index (χ3v) is 10.1. The monoisotopic (exact) mass is 847 g/mol. The molecule has 0 aliphatic heterocycles. The molecule has 0 radical (unpaired) electrons. The third kappa shape index (κ3) is 47.2. The molecule has 0 amide bonds. The van der Waals surface area contributed by atoms with Crippen LogP contribution in [0.1, 0.15) is 213 Å². The predicted octanol–water partition coefficient (Wildman–Crippen LogP) is 16.2. The van der Waals surface area contributed by atoms with Crippen LogP contribution in [-0.2, 0) is 28.6 Å². The van der Waals surface area contributed by atoms with Crippen molar-refractivity contribution in [1.82, 2.24) is 0 Å². The summed E-state index contributed by atoms with van der Waals surface area (Å²) in [4.78, 5) is 37.9. The van der Waals surface area contributed by atoms with Gasteiger partial charge < -0.3 is 14.2 Å². The van der Waals surface area contributed by atoms with Gasteiger partial charge in [0.25, 0.3) is 0 Å². The molecule has 0 unspecified atom stereocenters. The summed E-state index contributed by atoms with van der Waals surface area (Å²) in [5.41, 5.74) is 0. The molecule has 0 heterocycles. The van der Waals surface area contributed by atoms with Gasteiger partial charge in [0.1, 0.15) is 13.2 Å². The zero-order chi connectivity index (χ0) is 44.4. The van der Waals surface area contributed by atoms with E-state index in [1.165, 1.54) is 51.4 Å². The largest absolute Gasteiger partial charge is 0.462 e. The van der Waals surface area contributed by atoms with Crippen LogP contribution in [-0.4, -0.2) is 37.2 Å². The van der Waals surface area contributed by atoms with Crippen molar-refractivity contribution in [2.24, 2.45) is 0 Å². The van der Waals surface area contributed by atoms with Crippen LogP contribution in [0.2, 0.25) is 0 Å². The lowest BCUT2D eigenvalue weighted by Gasteiger charge is -2.18. The molecule has 0 bridgehead atoms. The second-order valence-corrected chi connectivity index (χ2v) is 16.0. The van der Waals surface area contributed by atoms with Crippen LogP contribution >= 0.6 is 0 Å². The fraction of sp³-hybridized carbons (Fsp3) is 0.655. The van der Waals surface area contributed by atoms with E-state index in [2.05, 4.69) is 118 Å². The smallest absolute Gasteiger partial charge is 0.306 e. The molecule has 346 valence electrons. The zero-order valence-corrected chi connectivity index (χ0v) is 39.4. The molecule has 0 aromatic heterocycles. The van der Waals surface area contributed by atoms with E-state index >= 15 is 0 Å². The highest BCUT2D eigenvalue weighted by Gasteiger charge is 2.19. The van der Waals surface area contributed by atoms with Crippen LogP contribution in [0.4, 0.5) is 0 Å². The Labute approximate surface area is 375 Å². The first kappa shape index (κ1) is 57.3. The minimum atomic E-state index is -0.807. The molecule has 1 atom stereocenters. The van der Waals surface area contributed by atoms with Crippen molar-refractivity contribution in [3.63, 3.8) is 0 Å². The van der Waals surface area contributed by atoms with Gasteiger partial charge in [-0.3, -0.25) is 14.4 Å². The summed E-state index contributed by atoms with van der Waals surface area (Å²) in [7, 11) is 0. The van der Waals surface area contributed by atoms with Gasteiger partial charge in [-0.25, -0.2) is 0 Å². The molecule has 0 aliphatic carbocycles. The van der Waals surface area contributed by atoms with E-state index in [-0.39, 0.29) is 37.5 Å². The Balaban J connectivity index is 4.50. The summed E-state index contributed by atoms with van der Waals surface area (Å²) >= 11 is 0. The third-order valence-electron chi connectivity index (χ3n) is 10.1. The van der Waals surface area contributed by atoms with E-state index in [0.29, 0.717) is 19.3 Å². The number of unbranched alkanes of at least 4 members (excludes halogenated alkanes) is 16. The van der Waals surface area contributed by atoms with Gasteiger partial charge in [0, 0.05) is 19.3 Å². The summed E-state index contributed by atoms with van der Waals surface area (Å²) < 4.78 is 16.7. The highest BCUT2D eigenvalue weighted by molar-refractivity contribution is 5.71. The fourth-order valence-electron chi connectivity index (χ4n) is 6.42. The molecule has 0 aromatic rings. The van der Waals surface area contributed by atoms with Crippen LogP contribution in [0.3, 0.4) is 0 Å². The van der Waals surface area contributed by atoms with Crippen molar-refractivity contribution in [2.75, 3.05) is 13.2 Å². The van der Waals surface area contributed by atoms with Crippen LogP contribution < -0.4 is 0 Å². The van der Waals surface area contributed by atoms with Crippen LogP contribution in [0.25, 0.3) is 0 Å². The standard InChI is InChI=1S/C55H90O6/c1-4-7-10-13-16-19-22-24-26-27-29-30-33-36-39-42-45-48-54(57)60-51-52(50-59-53(56)47-44-41-38-35-32-21-18-15-12-9-6-3)61-55(58)49-46-43-40-37-34-31-28-25-23-20-17-14-11-8-5-2/h7-8,10-11,16-17,19-20,24-26,28-30,34,37,52H,4-6,9,12-15,18,21-23,27,31-33,35-36,38-51H2,1-3H3/b10-7-,11-8-,19-16-,20-17-,26-24-,28-25-,30-29-,37-34-/t52-/m0/s1. The second kappa shape index (κ2) is 49.0. The lowest BCUT2D eigenvalue weighted by atomic mass is 10.1. The molecular weight excluding hydrogens is 757 g/mol. The SMILES string of the molecule is CC/C=C\C/C=C\C/C=C\C/C=C\CCCCCCC(=O)OC[C@H](COC(=O)CCCCCCCCCCCCC)OC(=O)CCCC/C=C\C/C=C\C/C=C\C/C=C\CC. The molecule has 0 saturated heterocycles. The molecule has 0 aromatic carbocycles. The summed E-state index contributed by atoms with van der Waals surface area (Å²) in [6.45, 7) is 6.33. The lowest BCUT2D eigenvalue weighted by molar-refractivity contribution is -0.167. The van der Waals surface area contributed by atoms with Crippen molar-refractivity contribution in [1.29, 1.82) is 0 Å². The highest BCUT2D eigenvalue weighted by atomic mass is 16.6. The Morgan fingerprint density at radius 2 is 0.639 bits per heavy atom. The van der Waals surface area contributed by atoms with Crippen molar-refractivity contribution in [3.8, 4) is 0 Å². The normalized spacial score (nSPS) is 12.9. The fourth-order valence-corrected chi connectivity index (χ4v) is 6.42. The first-order chi connectivity index (χ1) is 30.0. The van der Waals surface area contributed by atoms with Crippen molar-refractivity contribution in [3.05, 3.63) is 97.2 Å². The van der Waals surface area contributed by atoms with Crippen molar-refractivity contribution >= 4 is 17.9 Å². The van der Waals surface area contributed by atoms with Crippen molar-refractivity contribution < 1.29 is 28.6 Å². The number of ether oxygens (including phenoxy) is 3. The first-order valence-electron chi connectivity index (χ1n) is 24.7. The van der Waals surface area contributed by atoms with E-state index in [4.69, 9.17) is 14.2 Å². The molecule has 0 aliphatic rings. The van der Waals surface area contributed by atoms with Crippen LogP contribution in [0.15, 0.2) is 97.2 Å². The maximum Gasteiger partial charge on any atom is 0.306 e. The van der Waals surface area contributed by atoms with Gasteiger partial charge in [-0.1, -0.05) is 195 Å². The molecule has 61 heavy (non-hydrogen) atoms. The van der Waals surface area contributed by atoms with Crippen LogP contribution in [0.5, 0.6) is 0 Å². The Bertz CT molecular complexity index is 1250. The molecule has 0 fully saturated rings. The van der Waals surface area contributed by atoms with E-state index in [1.54, 1.807) is 0 Å². The second-order valence-electron chi connectivity index (χ2n) is 16.0. The Hall–Kier alpha value is -3.67. The minimum Gasteiger partial charge on any atom is -0.462 e. The van der Waals surface area contributed by atoms with Gasteiger partial charge >= 0.3 is 17.9 Å². The Morgan fingerprint density at radius 3 is 1.03 bits per heavy atom. The number of rotatable bonds is 43. The number of hydrogen-bond acceptors (Lipinski definition) is 6. The quantitative estimate of drug-likeness (QED) is 0.0263. The first-order valence-corrected chi connectivity index (χ1v) is 24.7. The molecule has 0 rings (SSSR count). The highest BCUT2D eigenvalue weighted by Crippen LogP contribution is 2.13. The number of esters is 3. The average molecular weight is 847 g/mol. The van der Waals surface area contributed by atoms with E-state index in [1.807, 2.05) is 0 Å². The van der Waals surface area contributed by atoms with Crippen LogP contribution in [0, 0.1) is 0 Å². The van der Waals surface area contributed by atoms with Gasteiger partial charge in [-0.2, -0.15) is 0 Å². The average Bonchev–Trinajstić information content (AvgIpc) is 3.26. The zero-order valence-electron chi connectivity index (χ0n) is 39.4. The van der Waals surface area contributed by atoms with Gasteiger partial charge in [-0.15, -0.1) is 0 Å². The molecule has 6 heteroatoms. The van der Waals surface area contributed by atoms with Crippen molar-refractivity contribution in [2.45, 2.75) is 219 Å².